The first-order chi connectivity index (χ1) is 15.0. The van der Waals surface area contributed by atoms with Crippen molar-refractivity contribution in [1.29, 1.82) is 0 Å². The van der Waals surface area contributed by atoms with E-state index in [-0.39, 0.29) is 11.9 Å². The van der Waals surface area contributed by atoms with Crippen molar-refractivity contribution in [2.75, 3.05) is 24.5 Å². The van der Waals surface area contributed by atoms with E-state index in [1.165, 1.54) is 17.7 Å². The molecule has 32 heavy (non-hydrogen) atoms. The molecule has 0 aliphatic carbocycles. The molecule has 1 aromatic carbocycles. The molecular formula is C28H49N3O. The molecule has 2 atom stereocenters. The molecule has 1 aliphatic heterocycles. The Labute approximate surface area is 197 Å². The lowest BCUT2D eigenvalue weighted by Gasteiger charge is -2.41. The Kier molecular flexibility index (Phi) is 10.1. The minimum atomic E-state index is -0.375. The number of piperidine rings is 1. The molecular weight excluding hydrogens is 394 g/mol. The lowest BCUT2D eigenvalue weighted by molar-refractivity contribution is -0.134. The number of aryl methyl sites for hydroxylation is 1. The summed E-state index contributed by atoms with van der Waals surface area (Å²) in [6.07, 6.45) is 6.41. The van der Waals surface area contributed by atoms with E-state index in [4.69, 9.17) is 5.73 Å². The molecule has 1 aliphatic rings. The van der Waals surface area contributed by atoms with Gasteiger partial charge in [-0.1, -0.05) is 60.6 Å². The first-order valence-corrected chi connectivity index (χ1v) is 12.9. The zero-order valence-electron chi connectivity index (χ0n) is 21.9. The maximum atomic E-state index is 13.0. The predicted octanol–water partition coefficient (Wildman–Crippen LogP) is 5.88. The van der Waals surface area contributed by atoms with Gasteiger partial charge in [-0.3, -0.25) is 4.79 Å². The number of hydrogen-bond donors (Lipinski definition) is 1. The van der Waals surface area contributed by atoms with E-state index in [1.54, 1.807) is 0 Å². The topological polar surface area (TPSA) is 49.6 Å². The molecule has 0 radical (unpaired) electrons. The van der Waals surface area contributed by atoms with Gasteiger partial charge in [-0.2, -0.15) is 0 Å². The summed E-state index contributed by atoms with van der Waals surface area (Å²) in [7, 11) is 0. The number of rotatable bonds is 10. The third-order valence-electron chi connectivity index (χ3n) is 6.57. The van der Waals surface area contributed by atoms with E-state index < -0.39 is 0 Å². The summed E-state index contributed by atoms with van der Waals surface area (Å²) in [6, 6.07) is 9.17. The van der Waals surface area contributed by atoms with E-state index >= 15 is 0 Å². The number of carbonyl (C=O) groups is 1. The van der Waals surface area contributed by atoms with E-state index in [9.17, 15) is 4.79 Å². The highest BCUT2D eigenvalue weighted by molar-refractivity contribution is 5.81. The number of carbonyl (C=O) groups excluding carboxylic acids is 1. The molecule has 2 N–H and O–H groups in total. The lowest BCUT2D eigenvalue weighted by atomic mass is 9.88. The Hall–Kier alpha value is -1.55. The van der Waals surface area contributed by atoms with Gasteiger partial charge in [0.2, 0.25) is 5.91 Å². The average molecular weight is 444 g/mol. The number of nitrogens with zero attached hydrogens (tertiary/aromatic N) is 2. The molecule has 1 aromatic rings. The predicted molar refractivity (Wildman–Crippen MR) is 138 cm³/mol. The van der Waals surface area contributed by atoms with Crippen LogP contribution in [0.2, 0.25) is 0 Å². The molecule has 0 aromatic heterocycles. The van der Waals surface area contributed by atoms with Gasteiger partial charge in [0, 0.05) is 31.4 Å². The Balaban J connectivity index is 2.12. The normalized spacial score (nSPS) is 18.3. The van der Waals surface area contributed by atoms with Crippen molar-refractivity contribution in [3.05, 3.63) is 29.8 Å². The van der Waals surface area contributed by atoms with Crippen LogP contribution in [-0.4, -0.2) is 42.5 Å². The summed E-state index contributed by atoms with van der Waals surface area (Å²) in [6.45, 7) is 18.4. The summed E-state index contributed by atoms with van der Waals surface area (Å²) < 4.78 is 0. The van der Waals surface area contributed by atoms with Crippen LogP contribution < -0.4 is 10.6 Å². The van der Waals surface area contributed by atoms with E-state index in [0.717, 1.165) is 51.7 Å². The summed E-state index contributed by atoms with van der Waals surface area (Å²) in [4.78, 5) is 17.6. The average Bonchev–Trinajstić information content (AvgIpc) is 2.71. The largest absolute Gasteiger partial charge is 0.367 e. The van der Waals surface area contributed by atoms with Gasteiger partial charge in [0.15, 0.2) is 0 Å². The number of amides is 1. The van der Waals surface area contributed by atoms with Gasteiger partial charge >= 0.3 is 0 Å². The maximum absolute atomic E-state index is 13.0. The van der Waals surface area contributed by atoms with Crippen LogP contribution in [-0.2, 0) is 11.2 Å². The van der Waals surface area contributed by atoms with Gasteiger partial charge < -0.3 is 15.5 Å². The quantitative estimate of drug-likeness (QED) is 0.491. The number of anilines is 1. The third-order valence-corrected chi connectivity index (χ3v) is 6.57. The van der Waals surface area contributed by atoms with Crippen molar-refractivity contribution in [3.8, 4) is 0 Å². The zero-order valence-corrected chi connectivity index (χ0v) is 21.9. The Morgan fingerprint density at radius 2 is 1.78 bits per heavy atom. The number of likely N-dealkylation sites (tertiary alicyclic amines) is 1. The van der Waals surface area contributed by atoms with Crippen molar-refractivity contribution in [3.63, 3.8) is 0 Å². The molecule has 0 bridgehead atoms. The van der Waals surface area contributed by atoms with E-state index in [2.05, 4.69) is 77.6 Å². The zero-order chi connectivity index (χ0) is 23.9. The molecule has 1 heterocycles. The van der Waals surface area contributed by atoms with Gasteiger partial charge in [-0.05, 0) is 73.5 Å². The van der Waals surface area contributed by atoms with Crippen molar-refractivity contribution < 1.29 is 4.79 Å². The van der Waals surface area contributed by atoms with Gasteiger partial charge in [-0.25, -0.2) is 0 Å². The lowest BCUT2D eigenvalue weighted by Crippen LogP contribution is -2.54. The summed E-state index contributed by atoms with van der Waals surface area (Å²) in [5.74, 6) is 1.22. The van der Waals surface area contributed by atoms with Gasteiger partial charge in [-0.15, -0.1) is 0 Å². The van der Waals surface area contributed by atoms with Crippen LogP contribution in [0.25, 0.3) is 0 Å². The van der Waals surface area contributed by atoms with Crippen LogP contribution in [0.3, 0.4) is 0 Å². The van der Waals surface area contributed by atoms with Crippen molar-refractivity contribution >= 4 is 11.6 Å². The first-order valence-electron chi connectivity index (χ1n) is 12.9. The van der Waals surface area contributed by atoms with Crippen LogP contribution in [0.15, 0.2) is 24.3 Å². The van der Waals surface area contributed by atoms with Crippen molar-refractivity contribution in [1.82, 2.24) is 4.90 Å². The van der Waals surface area contributed by atoms with Gasteiger partial charge in [0.05, 0.1) is 6.04 Å². The molecule has 1 amide bonds. The van der Waals surface area contributed by atoms with Crippen LogP contribution in [0.4, 0.5) is 5.69 Å². The molecule has 0 spiro atoms. The van der Waals surface area contributed by atoms with E-state index in [1.807, 2.05) is 4.90 Å². The standard InChI is InChI=1S/C28H49N3O/c1-21(2)15-18-31(24-12-10-23(11-13-24)14-16-28(5,6)7)25-9-8-17-30(20-25)27(32)26(29)19-22(3)4/h10-13,21-22,25-26H,8-9,14-20,29H2,1-7H3/t25-,26?/m0/s1. The fourth-order valence-electron chi connectivity index (χ4n) is 4.55. The van der Waals surface area contributed by atoms with Crippen molar-refractivity contribution in [2.24, 2.45) is 23.0 Å². The number of nitrogens with two attached hydrogens (primary N) is 1. The van der Waals surface area contributed by atoms with Gasteiger partial charge in [0.1, 0.15) is 0 Å². The molecule has 4 nitrogen and oxygen atoms in total. The molecule has 2 rings (SSSR count). The second kappa shape index (κ2) is 12.1. The van der Waals surface area contributed by atoms with Crippen molar-refractivity contribution in [2.45, 2.75) is 99.1 Å². The molecule has 182 valence electrons. The van der Waals surface area contributed by atoms with Crippen LogP contribution in [0.1, 0.15) is 86.1 Å². The van der Waals surface area contributed by atoms with Crippen LogP contribution in [0.5, 0.6) is 0 Å². The Morgan fingerprint density at radius 1 is 1.12 bits per heavy atom. The second-order valence-corrected chi connectivity index (χ2v) is 11.9. The fourth-order valence-corrected chi connectivity index (χ4v) is 4.55. The molecule has 4 heteroatoms. The summed E-state index contributed by atoms with van der Waals surface area (Å²) >= 11 is 0. The summed E-state index contributed by atoms with van der Waals surface area (Å²) in [5.41, 5.74) is 9.31. The Bertz CT molecular complexity index is 690. The van der Waals surface area contributed by atoms with Crippen LogP contribution >= 0.6 is 0 Å². The molecule has 1 saturated heterocycles. The first kappa shape index (κ1) is 26.7. The Morgan fingerprint density at radius 3 is 2.34 bits per heavy atom. The highest BCUT2D eigenvalue weighted by Gasteiger charge is 2.30. The smallest absolute Gasteiger partial charge is 0.239 e. The molecule has 0 saturated carbocycles. The minimum absolute atomic E-state index is 0.129. The highest BCUT2D eigenvalue weighted by atomic mass is 16.2. The van der Waals surface area contributed by atoms with Crippen LogP contribution in [0, 0.1) is 17.3 Å². The van der Waals surface area contributed by atoms with E-state index in [0.29, 0.717) is 23.3 Å². The second-order valence-electron chi connectivity index (χ2n) is 11.9. The third kappa shape index (κ3) is 8.77. The highest BCUT2D eigenvalue weighted by Crippen LogP contribution is 2.27. The monoisotopic (exact) mass is 443 g/mol. The maximum Gasteiger partial charge on any atom is 0.239 e. The SMILES string of the molecule is CC(C)CCN(c1ccc(CCC(C)(C)C)cc1)[C@H]1CCCN(C(=O)C(N)CC(C)C)C1. The number of benzene rings is 1. The summed E-state index contributed by atoms with van der Waals surface area (Å²) in [5, 5.41) is 0. The molecule has 1 unspecified atom stereocenters. The fraction of sp³-hybridized carbons (Fsp3) is 0.750. The number of hydrogen-bond acceptors (Lipinski definition) is 3. The minimum Gasteiger partial charge on any atom is -0.367 e. The van der Waals surface area contributed by atoms with Gasteiger partial charge in [0.25, 0.3) is 0 Å². The molecule has 1 fully saturated rings.